The molecule has 0 amide bonds. The van der Waals surface area contributed by atoms with Gasteiger partial charge in [0.05, 0.1) is 21.9 Å². The van der Waals surface area contributed by atoms with Crippen molar-refractivity contribution in [2.24, 2.45) is 0 Å². The van der Waals surface area contributed by atoms with E-state index >= 15 is 0 Å². The summed E-state index contributed by atoms with van der Waals surface area (Å²) in [5.41, 5.74) is 4.15. The number of aromatic nitrogens is 5. The Morgan fingerprint density at radius 3 is 2.71 bits per heavy atom. The van der Waals surface area contributed by atoms with Crippen LogP contribution in [0.15, 0.2) is 48.9 Å². The first-order valence-electron chi connectivity index (χ1n) is 7.53. The molecule has 0 saturated heterocycles. The van der Waals surface area contributed by atoms with Crippen LogP contribution in [0.25, 0.3) is 28.0 Å². The zero-order chi connectivity index (χ0) is 16.7. The Morgan fingerprint density at radius 1 is 1.04 bits per heavy atom. The molecular weight excluding hydrogens is 322 g/mol. The maximum absolute atomic E-state index is 6.41. The normalized spacial score (nSPS) is 11.1. The minimum Gasteiger partial charge on any atom is -0.255 e. The third-order valence-corrected chi connectivity index (χ3v) is 4.03. The van der Waals surface area contributed by atoms with Gasteiger partial charge in [-0.1, -0.05) is 17.7 Å². The lowest BCUT2D eigenvalue weighted by molar-refractivity contribution is 0.821. The molecule has 3 aromatic heterocycles. The summed E-state index contributed by atoms with van der Waals surface area (Å²) in [4.78, 5) is 13.5. The summed E-state index contributed by atoms with van der Waals surface area (Å²) in [6.45, 7) is 3.85. The van der Waals surface area contributed by atoms with Gasteiger partial charge >= 0.3 is 0 Å². The van der Waals surface area contributed by atoms with Crippen molar-refractivity contribution in [1.82, 2.24) is 24.7 Å². The van der Waals surface area contributed by atoms with Gasteiger partial charge in [-0.2, -0.15) is 5.10 Å². The first-order chi connectivity index (χ1) is 11.6. The molecular formula is C18H14ClN5. The van der Waals surface area contributed by atoms with Crippen LogP contribution in [0.3, 0.4) is 0 Å². The van der Waals surface area contributed by atoms with E-state index in [1.54, 1.807) is 17.1 Å². The van der Waals surface area contributed by atoms with E-state index < -0.39 is 0 Å². The Hall–Kier alpha value is -2.79. The lowest BCUT2D eigenvalue weighted by Gasteiger charge is -2.10. The van der Waals surface area contributed by atoms with Crippen LogP contribution in [0.2, 0.25) is 5.02 Å². The summed E-state index contributed by atoms with van der Waals surface area (Å²) in [6.07, 6.45) is 5.36. The minimum absolute atomic E-state index is 0.591. The van der Waals surface area contributed by atoms with Crippen LogP contribution in [-0.4, -0.2) is 24.7 Å². The SMILES string of the molecule is Cc1cnc(-c2cc(Cl)c3ncccc3c2)c(-n2ccc(C)n2)n1. The molecule has 0 bridgehead atoms. The Bertz CT molecular complexity index is 1050. The van der Waals surface area contributed by atoms with Gasteiger partial charge in [-0.25, -0.2) is 9.67 Å². The van der Waals surface area contributed by atoms with Gasteiger partial charge in [-0.15, -0.1) is 0 Å². The average Bonchev–Trinajstić information content (AvgIpc) is 3.01. The molecule has 5 nitrogen and oxygen atoms in total. The Balaban J connectivity index is 1.97. The number of aryl methyl sites for hydroxylation is 2. The van der Waals surface area contributed by atoms with Crippen molar-refractivity contribution < 1.29 is 0 Å². The summed E-state index contributed by atoms with van der Waals surface area (Å²) in [7, 11) is 0. The molecule has 3 heterocycles. The summed E-state index contributed by atoms with van der Waals surface area (Å²) >= 11 is 6.41. The van der Waals surface area contributed by atoms with Crippen molar-refractivity contribution in [2.45, 2.75) is 13.8 Å². The molecule has 0 unspecified atom stereocenters. The van der Waals surface area contributed by atoms with Crippen molar-refractivity contribution in [3.8, 4) is 17.1 Å². The maximum Gasteiger partial charge on any atom is 0.180 e. The molecule has 0 aliphatic heterocycles. The first kappa shape index (κ1) is 14.8. The van der Waals surface area contributed by atoms with E-state index in [0.717, 1.165) is 33.5 Å². The molecule has 0 spiro atoms. The van der Waals surface area contributed by atoms with Crippen LogP contribution in [0.4, 0.5) is 0 Å². The number of hydrogen-bond acceptors (Lipinski definition) is 4. The van der Waals surface area contributed by atoms with Crippen LogP contribution in [0, 0.1) is 13.8 Å². The van der Waals surface area contributed by atoms with Gasteiger partial charge < -0.3 is 0 Å². The van der Waals surface area contributed by atoms with Crippen molar-refractivity contribution >= 4 is 22.5 Å². The fourth-order valence-corrected chi connectivity index (χ4v) is 2.92. The molecule has 0 atom stereocenters. The van der Waals surface area contributed by atoms with E-state index in [1.807, 2.05) is 50.4 Å². The van der Waals surface area contributed by atoms with E-state index in [0.29, 0.717) is 10.8 Å². The fraction of sp³-hybridized carbons (Fsp3) is 0.111. The van der Waals surface area contributed by atoms with E-state index in [4.69, 9.17) is 11.6 Å². The molecule has 24 heavy (non-hydrogen) atoms. The topological polar surface area (TPSA) is 56.5 Å². The minimum atomic E-state index is 0.591. The van der Waals surface area contributed by atoms with Gasteiger partial charge in [0.1, 0.15) is 5.69 Å². The van der Waals surface area contributed by atoms with Crippen molar-refractivity contribution in [3.05, 3.63) is 65.3 Å². The van der Waals surface area contributed by atoms with Crippen LogP contribution in [-0.2, 0) is 0 Å². The third kappa shape index (κ3) is 2.53. The second kappa shape index (κ2) is 5.69. The number of hydrogen-bond donors (Lipinski definition) is 0. The van der Waals surface area contributed by atoms with Crippen molar-refractivity contribution in [2.75, 3.05) is 0 Å². The van der Waals surface area contributed by atoms with Gasteiger partial charge in [0.25, 0.3) is 0 Å². The van der Waals surface area contributed by atoms with E-state index in [9.17, 15) is 0 Å². The number of halogens is 1. The molecule has 6 heteroatoms. The molecule has 0 N–H and O–H groups in total. The molecule has 4 rings (SSSR count). The monoisotopic (exact) mass is 335 g/mol. The summed E-state index contributed by atoms with van der Waals surface area (Å²) < 4.78 is 1.74. The van der Waals surface area contributed by atoms with Gasteiger partial charge in [0.15, 0.2) is 5.82 Å². The lowest BCUT2D eigenvalue weighted by Crippen LogP contribution is -2.04. The Morgan fingerprint density at radius 2 is 1.92 bits per heavy atom. The number of benzene rings is 1. The predicted octanol–water partition coefficient (Wildman–Crippen LogP) is 4.15. The zero-order valence-electron chi connectivity index (χ0n) is 13.2. The fourth-order valence-electron chi connectivity index (χ4n) is 2.65. The molecule has 0 aliphatic carbocycles. The van der Waals surface area contributed by atoms with Gasteiger partial charge in [-0.05, 0) is 38.1 Å². The van der Waals surface area contributed by atoms with E-state index in [1.165, 1.54) is 0 Å². The average molecular weight is 336 g/mol. The number of nitrogens with zero attached hydrogens (tertiary/aromatic N) is 5. The van der Waals surface area contributed by atoms with Crippen LogP contribution in [0.1, 0.15) is 11.4 Å². The second-order valence-corrected chi connectivity index (χ2v) is 6.03. The molecule has 0 radical (unpaired) electrons. The predicted molar refractivity (Wildman–Crippen MR) is 94.4 cm³/mol. The van der Waals surface area contributed by atoms with E-state index in [-0.39, 0.29) is 0 Å². The summed E-state index contributed by atoms with van der Waals surface area (Å²) in [6, 6.07) is 9.70. The largest absolute Gasteiger partial charge is 0.255 e. The van der Waals surface area contributed by atoms with Crippen LogP contribution >= 0.6 is 11.6 Å². The number of fused-ring (bicyclic) bond motifs is 1. The highest BCUT2D eigenvalue weighted by molar-refractivity contribution is 6.35. The van der Waals surface area contributed by atoms with E-state index in [2.05, 4.69) is 20.1 Å². The van der Waals surface area contributed by atoms with Gasteiger partial charge in [-0.3, -0.25) is 9.97 Å². The molecule has 4 aromatic rings. The van der Waals surface area contributed by atoms with Gasteiger partial charge in [0.2, 0.25) is 0 Å². The summed E-state index contributed by atoms with van der Waals surface area (Å²) in [5, 5.41) is 6.02. The Labute approximate surface area is 144 Å². The lowest BCUT2D eigenvalue weighted by atomic mass is 10.1. The van der Waals surface area contributed by atoms with Crippen molar-refractivity contribution in [1.29, 1.82) is 0 Å². The quantitative estimate of drug-likeness (QED) is 0.552. The molecule has 118 valence electrons. The maximum atomic E-state index is 6.41. The highest BCUT2D eigenvalue weighted by atomic mass is 35.5. The standard InChI is InChI=1S/C18H14ClN5/c1-11-5-7-24(23-11)18-17(21-10-12(2)22-18)14-8-13-4-3-6-20-16(13)15(19)9-14/h3-10H,1-2H3. The third-order valence-electron chi connectivity index (χ3n) is 3.75. The second-order valence-electron chi connectivity index (χ2n) is 5.62. The number of rotatable bonds is 2. The highest BCUT2D eigenvalue weighted by Crippen LogP contribution is 2.31. The highest BCUT2D eigenvalue weighted by Gasteiger charge is 2.14. The molecule has 0 aliphatic rings. The zero-order valence-corrected chi connectivity index (χ0v) is 14.0. The van der Waals surface area contributed by atoms with Crippen molar-refractivity contribution in [3.63, 3.8) is 0 Å². The van der Waals surface area contributed by atoms with Crippen LogP contribution < -0.4 is 0 Å². The van der Waals surface area contributed by atoms with Crippen LogP contribution in [0.5, 0.6) is 0 Å². The molecule has 0 saturated carbocycles. The first-order valence-corrected chi connectivity index (χ1v) is 7.90. The number of pyridine rings is 1. The molecule has 1 aromatic carbocycles. The Kier molecular flexibility index (Phi) is 3.50. The summed E-state index contributed by atoms with van der Waals surface area (Å²) in [5.74, 6) is 0.683. The smallest absolute Gasteiger partial charge is 0.180 e. The van der Waals surface area contributed by atoms with Gasteiger partial charge in [0, 0.05) is 29.5 Å². The molecule has 0 fully saturated rings.